The lowest BCUT2D eigenvalue weighted by atomic mass is 10.5. The highest BCUT2D eigenvalue weighted by atomic mass is 32.2. The summed E-state index contributed by atoms with van der Waals surface area (Å²) in [5.41, 5.74) is 0.0152. The second kappa shape index (κ2) is 8.58. The minimum Gasteiger partial charge on any atom is -0.315 e. The molecule has 0 spiro atoms. The third kappa shape index (κ3) is 4.98. The van der Waals surface area contributed by atoms with Crippen LogP contribution in [0.2, 0.25) is 0 Å². The standard InChI is InChI=1S/C13H20N6OS/c1-2-6-14-7-9-19-13(15-16-17-19)21-11-10-18-8-4-3-5-12(18)20/h3-5,8,14H,2,6-7,9-11H2,1H3. The van der Waals surface area contributed by atoms with Crippen molar-refractivity contribution in [2.45, 2.75) is 31.6 Å². The average molecular weight is 308 g/mol. The van der Waals surface area contributed by atoms with Crippen LogP contribution in [0.15, 0.2) is 34.3 Å². The van der Waals surface area contributed by atoms with Crippen LogP contribution in [0.25, 0.3) is 0 Å². The first-order valence-electron chi connectivity index (χ1n) is 7.06. The van der Waals surface area contributed by atoms with Gasteiger partial charge in [0.2, 0.25) is 5.16 Å². The maximum atomic E-state index is 11.6. The molecule has 0 amide bonds. The Bertz CT molecular complexity index is 596. The average Bonchev–Trinajstić information content (AvgIpc) is 2.93. The van der Waals surface area contributed by atoms with Gasteiger partial charge >= 0.3 is 0 Å². The molecule has 0 saturated carbocycles. The molecule has 0 bridgehead atoms. The van der Waals surface area contributed by atoms with Crippen LogP contribution >= 0.6 is 11.8 Å². The van der Waals surface area contributed by atoms with Crippen molar-refractivity contribution < 1.29 is 0 Å². The first kappa shape index (κ1) is 15.7. The van der Waals surface area contributed by atoms with Crippen molar-refractivity contribution in [2.24, 2.45) is 0 Å². The predicted molar refractivity (Wildman–Crippen MR) is 82.4 cm³/mol. The summed E-state index contributed by atoms with van der Waals surface area (Å²) in [6, 6.07) is 5.17. The van der Waals surface area contributed by atoms with Gasteiger partial charge in [0.1, 0.15) is 0 Å². The van der Waals surface area contributed by atoms with Crippen LogP contribution < -0.4 is 10.9 Å². The van der Waals surface area contributed by atoms with E-state index in [0.29, 0.717) is 6.54 Å². The van der Waals surface area contributed by atoms with Crippen LogP contribution in [0.4, 0.5) is 0 Å². The Hall–Kier alpha value is -1.67. The molecule has 0 atom stereocenters. The van der Waals surface area contributed by atoms with Crippen LogP contribution in [0.5, 0.6) is 0 Å². The van der Waals surface area contributed by atoms with Crippen LogP contribution in [0.1, 0.15) is 13.3 Å². The molecule has 0 saturated heterocycles. The van der Waals surface area contributed by atoms with E-state index < -0.39 is 0 Å². The zero-order chi connectivity index (χ0) is 14.9. The minimum absolute atomic E-state index is 0.0152. The quantitative estimate of drug-likeness (QED) is 0.541. The summed E-state index contributed by atoms with van der Waals surface area (Å²) in [4.78, 5) is 11.6. The van der Waals surface area contributed by atoms with E-state index in [0.717, 1.165) is 37.0 Å². The first-order chi connectivity index (χ1) is 10.3. The summed E-state index contributed by atoms with van der Waals surface area (Å²) < 4.78 is 3.48. The monoisotopic (exact) mass is 308 g/mol. The molecule has 114 valence electrons. The number of pyridine rings is 1. The Kier molecular flexibility index (Phi) is 6.42. The van der Waals surface area contributed by atoms with Gasteiger partial charge in [-0.1, -0.05) is 24.8 Å². The smallest absolute Gasteiger partial charge is 0.250 e. The van der Waals surface area contributed by atoms with E-state index in [9.17, 15) is 4.79 Å². The van der Waals surface area contributed by atoms with E-state index in [1.807, 2.05) is 6.07 Å². The number of aromatic nitrogens is 5. The molecular formula is C13H20N6OS. The maximum Gasteiger partial charge on any atom is 0.250 e. The van der Waals surface area contributed by atoms with Crippen molar-refractivity contribution in [3.8, 4) is 0 Å². The van der Waals surface area contributed by atoms with Gasteiger partial charge < -0.3 is 9.88 Å². The molecule has 0 aliphatic rings. The highest BCUT2D eigenvalue weighted by Gasteiger charge is 2.06. The van der Waals surface area contributed by atoms with Crippen LogP contribution in [0.3, 0.4) is 0 Å². The summed E-state index contributed by atoms with van der Waals surface area (Å²) in [5, 5.41) is 15.8. The number of hydrogen-bond acceptors (Lipinski definition) is 6. The Morgan fingerprint density at radius 2 is 2.19 bits per heavy atom. The molecular weight excluding hydrogens is 288 g/mol. The maximum absolute atomic E-state index is 11.6. The topological polar surface area (TPSA) is 77.6 Å². The van der Waals surface area contributed by atoms with E-state index >= 15 is 0 Å². The third-order valence-corrected chi connectivity index (χ3v) is 3.83. The summed E-state index contributed by atoms with van der Waals surface area (Å²) in [7, 11) is 0. The number of aryl methyl sites for hydroxylation is 1. The molecule has 0 aromatic carbocycles. The van der Waals surface area contributed by atoms with Gasteiger partial charge in [-0.15, -0.1) is 5.10 Å². The molecule has 0 fully saturated rings. The van der Waals surface area contributed by atoms with E-state index in [1.54, 1.807) is 39.3 Å². The van der Waals surface area contributed by atoms with E-state index in [4.69, 9.17) is 0 Å². The largest absolute Gasteiger partial charge is 0.315 e. The fourth-order valence-corrected chi connectivity index (χ4v) is 2.65. The molecule has 0 radical (unpaired) electrons. The van der Waals surface area contributed by atoms with Gasteiger partial charge in [0, 0.05) is 31.1 Å². The summed E-state index contributed by atoms with van der Waals surface area (Å²) in [6.07, 6.45) is 2.91. The molecule has 2 heterocycles. The van der Waals surface area contributed by atoms with Crippen molar-refractivity contribution in [1.82, 2.24) is 30.1 Å². The molecule has 2 aromatic rings. The minimum atomic E-state index is 0.0152. The normalized spacial score (nSPS) is 10.9. The number of rotatable bonds is 9. The fraction of sp³-hybridized carbons (Fsp3) is 0.538. The summed E-state index contributed by atoms with van der Waals surface area (Å²) in [6.45, 7) is 5.38. The zero-order valence-electron chi connectivity index (χ0n) is 12.1. The Balaban J connectivity index is 1.80. The van der Waals surface area contributed by atoms with Crippen LogP contribution in [-0.4, -0.2) is 43.6 Å². The van der Waals surface area contributed by atoms with E-state index in [-0.39, 0.29) is 5.56 Å². The lowest BCUT2D eigenvalue weighted by Gasteiger charge is -2.06. The van der Waals surface area contributed by atoms with Gasteiger partial charge in [0.15, 0.2) is 0 Å². The molecule has 1 N–H and O–H groups in total. The molecule has 7 nitrogen and oxygen atoms in total. The van der Waals surface area contributed by atoms with Crippen molar-refractivity contribution in [2.75, 3.05) is 18.8 Å². The number of nitrogens with one attached hydrogen (secondary N) is 1. The first-order valence-corrected chi connectivity index (χ1v) is 8.05. The van der Waals surface area contributed by atoms with Crippen molar-refractivity contribution in [1.29, 1.82) is 0 Å². The van der Waals surface area contributed by atoms with Crippen molar-refractivity contribution in [3.05, 3.63) is 34.7 Å². The molecule has 8 heteroatoms. The second-order valence-corrected chi connectivity index (χ2v) is 5.58. The lowest BCUT2D eigenvalue weighted by Crippen LogP contribution is -2.22. The predicted octanol–water partition coefficient (Wildman–Crippen LogP) is 0.627. The van der Waals surface area contributed by atoms with Gasteiger partial charge in [-0.2, -0.15) is 0 Å². The Labute approximate surface area is 127 Å². The molecule has 21 heavy (non-hydrogen) atoms. The van der Waals surface area contributed by atoms with Crippen molar-refractivity contribution >= 4 is 11.8 Å². The van der Waals surface area contributed by atoms with Crippen molar-refractivity contribution in [3.63, 3.8) is 0 Å². The van der Waals surface area contributed by atoms with Gasteiger partial charge in [0.25, 0.3) is 5.56 Å². The summed E-state index contributed by atoms with van der Waals surface area (Å²) in [5.74, 6) is 0.757. The van der Waals surface area contributed by atoms with Gasteiger partial charge in [-0.05, 0) is 29.5 Å². The second-order valence-electron chi connectivity index (χ2n) is 4.52. The van der Waals surface area contributed by atoms with Gasteiger partial charge in [-0.3, -0.25) is 4.79 Å². The lowest BCUT2D eigenvalue weighted by molar-refractivity contribution is 0.510. The SMILES string of the molecule is CCCNCCn1nnnc1SCCn1ccccc1=O. The highest BCUT2D eigenvalue weighted by molar-refractivity contribution is 7.99. The Morgan fingerprint density at radius 1 is 1.29 bits per heavy atom. The van der Waals surface area contributed by atoms with Gasteiger partial charge in [-0.25, -0.2) is 4.68 Å². The van der Waals surface area contributed by atoms with E-state index in [1.165, 1.54) is 0 Å². The number of hydrogen-bond donors (Lipinski definition) is 1. The van der Waals surface area contributed by atoms with Gasteiger partial charge in [0.05, 0.1) is 6.54 Å². The van der Waals surface area contributed by atoms with Crippen LogP contribution in [0, 0.1) is 0 Å². The molecule has 0 aliphatic carbocycles. The number of thioether (sulfide) groups is 1. The zero-order valence-corrected chi connectivity index (χ0v) is 12.9. The highest BCUT2D eigenvalue weighted by Crippen LogP contribution is 2.13. The molecule has 0 unspecified atom stereocenters. The molecule has 2 rings (SSSR count). The Morgan fingerprint density at radius 3 is 3.00 bits per heavy atom. The molecule has 2 aromatic heterocycles. The van der Waals surface area contributed by atoms with E-state index in [2.05, 4.69) is 27.8 Å². The van der Waals surface area contributed by atoms with Crippen LogP contribution in [-0.2, 0) is 13.1 Å². The fourth-order valence-electron chi connectivity index (χ4n) is 1.81. The number of tetrazole rings is 1. The number of nitrogens with zero attached hydrogens (tertiary/aromatic N) is 5. The third-order valence-electron chi connectivity index (χ3n) is 2.89. The molecule has 0 aliphatic heterocycles. The summed E-state index contributed by atoms with van der Waals surface area (Å²) >= 11 is 1.56.